The van der Waals surface area contributed by atoms with Crippen molar-refractivity contribution < 1.29 is 29.5 Å². The molecule has 212 valence electrons. The van der Waals surface area contributed by atoms with Crippen LogP contribution in [0.25, 0.3) is 11.2 Å². The van der Waals surface area contributed by atoms with Gasteiger partial charge in [-0.15, -0.1) is 0 Å². The predicted molar refractivity (Wildman–Crippen MR) is 147 cm³/mol. The molecule has 11 heteroatoms. The van der Waals surface area contributed by atoms with Gasteiger partial charge in [0.15, 0.2) is 10.8 Å². The van der Waals surface area contributed by atoms with Crippen LogP contribution in [-0.4, -0.2) is 78.1 Å². The van der Waals surface area contributed by atoms with E-state index in [1.807, 2.05) is 65.2 Å². The molecule has 0 radical (unpaired) electrons. The fraction of sp³-hybridized carbons (Fsp3) is 0.414. The number of hydrogen-bond acceptors (Lipinski definition) is 9. The van der Waals surface area contributed by atoms with Crippen LogP contribution < -0.4 is 0 Å². The van der Waals surface area contributed by atoms with Crippen molar-refractivity contribution in [1.82, 2.24) is 19.5 Å². The predicted octanol–water partition coefficient (Wildman–Crippen LogP) is 2.91. The number of aliphatic hydroxyl groups is 3. The Bertz CT molecular complexity index is 1340. The van der Waals surface area contributed by atoms with Crippen LogP contribution in [-0.2, 0) is 34.0 Å². The van der Waals surface area contributed by atoms with Gasteiger partial charge in [-0.3, -0.25) is 0 Å². The largest absolute Gasteiger partial charge is 0.387 e. The number of imidazole rings is 1. The topological polar surface area (TPSA) is 132 Å². The number of ether oxygens (including phenoxy) is 3. The van der Waals surface area contributed by atoms with E-state index >= 15 is 0 Å². The Morgan fingerprint density at radius 3 is 1.98 bits per heavy atom. The number of halogens is 1. The first-order chi connectivity index (χ1) is 19.5. The first kappa shape index (κ1) is 28.6. The van der Waals surface area contributed by atoms with Gasteiger partial charge in [0.1, 0.15) is 48.5 Å². The van der Waals surface area contributed by atoms with E-state index in [0.717, 1.165) is 17.5 Å². The number of fused-ring (bicyclic) bond motifs is 1. The molecule has 0 saturated heterocycles. The molecule has 0 spiro atoms. The third-order valence-electron chi connectivity index (χ3n) is 7.06. The Hall–Kier alpha value is -2.96. The second-order valence-corrected chi connectivity index (χ2v) is 10.2. The summed E-state index contributed by atoms with van der Waals surface area (Å²) < 4.78 is 20.0. The Morgan fingerprint density at radius 2 is 1.30 bits per heavy atom. The van der Waals surface area contributed by atoms with Gasteiger partial charge in [0.05, 0.1) is 19.5 Å². The zero-order valence-electron chi connectivity index (χ0n) is 21.9. The molecule has 6 atom stereocenters. The molecule has 4 aromatic rings. The fourth-order valence-electron chi connectivity index (χ4n) is 4.93. The molecule has 2 heterocycles. The van der Waals surface area contributed by atoms with E-state index in [1.165, 1.54) is 6.33 Å². The summed E-state index contributed by atoms with van der Waals surface area (Å²) in [5, 5.41) is 33.6. The summed E-state index contributed by atoms with van der Waals surface area (Å²) in [6.07, 6.45) is -2.41. The van der Waals surface area contributed by atoms with Crippen LogP contribution in [0, 0.1) is 0 Å². The maximum atomic E-state index is 11.3. The van der Waals surface area contributed by atoms with Crippen molar-refractivity contribution in [2.24, 2.45) is 0 Å². The van der Waals surface area contributed by atoms with Crippen LogP contribution in [0.1, 0.15) is 24.0 Å². The van der Waals surface area contributed by atoms with Crippen LogP contribution in [0.4, 0.5) is 0 Å². The lowest BCUT2D eigenvalue weighted by Gasteiger charge is -2.45. The Labute approximate surface area is 237 Å². The molecule has 10 nitrogen and oxygen atoms in total. The molecule has 1 saturated carbocycles. The Morgan fingerprint density at radius 1 is 0.700 bits per heavy atom. The van der Waals surface area contributed by atoms with E-state index < -0.39 is 36.6 Å². The third-order valence-corrected chi connectivity index (χ3v) is 7.34. The summed E-state index contributed by atoms with van der Waals surface area (Å²) in [7, 11) is 0. The highest BCUT2D eigenvalue weighted by molar-refractivity contribution is 6.33. The molecule has 0 aliphatic heterocycles. The zero-order chi connectivity index (χ0) is 27.9. The van der Waals surface area contributed by atoms with Crippen LogP contribution in [0.15, 0.2) is 73.3 Å². The summed E-state index contributed by atoms with van der Waals surface area (Å²) >= 11 is 6.22. The first-order valence-corrected chi connectivity index (χ1v) is 13.7. The first-order valence-electron chi connectivity index (χ1n) is 13.3. The Balaban J connectivity index is 1.22. The third kappa shape index (κ3) is 6.67. The number of aromatic nitrogens is 4. The quantitative estimate of drug-likeness (QED) is 0.174. The highest BCUT2D eigenvalue weighted by Crippen LogP contribution is 2.30. The minimum Gasteiger partial charge on any atom is -0.387 e. The van der Waals surface area contributed by atoms with E-state index in [0.29, 0.717) is 29.3 Å². The molecule has 2 aromatic carbocycles. The van der Waals surface area contributed by atoms with Crippen molar-refractivity contribution >= 4 is 22.8 Å². The molecular weight excluding hydrogens is 536 g/mol. The van der Waals surface area contributed by atoms with Crippen LogP contribution >= 0.6 is 11.6 Å². The molecule has 1 fully saturated rings. The van der Waals surface area contributed by atoms with Crippen molar-refractivity contribution in [3.8, 4) is 0 Å². The van der Waals surface area contributed by atoms with E-state index in [9.17, 15) is 15.3 Å². The summed E-state index contributed by atoms with van der Waals surface area (Å²) in [5.41, 5.74) is 3.00. The summed E-state index contributed by atoms with van der Waals surface area (Å²) in [5.74, 6) is 0. The van der Waals surface area contributed by atoms with Gasteiger partial charge in [0, 0.05) is 13.2 Å². The van der Waals surface area contributed by atoms with Crippen LogP contribution in [0.3, 0.4) is 0 Å². The molecule has 0 bridgehead atoms. The van der Waals surface area contributed by atoms with Crippen molar-refractivity contribution in [3.63, 3.8) is 0 Å². The second kappa shape index (κ2) is 13.6. The molecule has 5 rings (SSSR count). The maximum absolute atomic E-state index is 11.3. The van der Waals surface area contributed by atoms with Crippen LogP contribution in [0.5, 0.6) is 0 Å². The number of benzene rings is 2. The summed E-state index contributed by atoms with van der Waals surface area (Å²) in [6.45, 7) is 1.27. The molecule has 2 aromatic heterocycles. The van der Waals surface area contributed by atoms with E-state index in [4.69, 9.17) is 25.8 Å². The van der Waals surface area contributed by atoms with Gasteiger partial charge in [-0.25, -0.2) is 15.0 Å². The van der Waals surface area contributed by atoms with Crippen LogP contribution in [0.2, 0.25) is 5.15 Å². The van der Waals surface area contributed by atoms with Crippen molar-refractivity contribution in [1.29, 1.82) is 0 Å². The van der Waals surface area contributed by atoms with Gasteiger partial charge in [-0.1, -0.05) is 72.3 Å². The number of nitrogens with zero attached hydrogens (tertiary/aromatic N) is 4. The molecular formula is C29H33ClN4O6. The van der Waals surface area contributed by atoms with Gasteiger partial charge in [-0.05, 0) is 24.0 Å². The zero-order valence-corrected chi connectivity index (χ0v) is 22.6. The summed E-state index contributed by atoms with van der Waals surface area (Å²) in [4.78, 5) is 12.4. The van der Waals surface area contributed by atoms with E-state index in [-0.39, 0.29) is 19.8 Å². The number of hydrogen-bond donors (Lipinski definition) is 3. The van der Waals surface area contributed by atoms with E-state index in [1.54, 1.807) is 6.33 Å². The van der Waals surface area contributed by atoms with Gasteiger partial charge in [0.25, 0.3) is 0 Å². The lowest BCUT2D eigenvalue weighted by atomic mass is 9.84. The minimum absolute atomic E-state index is 0.166. The number of aryl methyl sites for hydroxylation is 1. The van der Waals surface area contributed by atoms with Crippen molar-refractivity contribution in [2.45, 2.75) is 69.2 Å². The minimum atomic E-state index is -1.36. The van der Waals surface area contributed by atoms with Gasteiger partial charge < -0.3 is 34.1 Å². The fourth-order valence-corrected chi connectivity index (χ4v) is 5.17. The molecule has 0 amide bonds. The number of rotatable bonds is 12. The molecule has 1 aliphatic rings. The molecule has 3 N–H and O–H groups in total. The maximum Gasteiger partial charge on any atom is 0.182 e. The Kier molecular flexibility index (Phi) is 9.71. The molecule has 1 aliphatic carbocycles. The lowest BCUT2D eigenvalue weighted by molar-refractivity contribution is -0.260. The average molecular weight is 569 g/mol. The second-order valence-electron chi connectivity index (χ2n) is 9.81. The SMILES string of the molecule is O[C@@H]1[C@H](O)[C@@H](OCc2ccccc2)[C@@H](O)[C@H](OCCCCn2cnc3ncnc(Cl)c32)[C@@H]1OCc1ccccc1. The highest BCUT2D eigenvalue weighted by Gasteiger charge is 2.51. The van der Waals surface area contributed by atoms with Gasteiger partial charge in [0.2, 0.25) is 0 Å². The normalized spacial score (nSPS) is 24.9. The average Bonchev–Trinajstić information content (AvgIpc) is 3.40. The summed E-state index contributed by atoms with van der Waals surface area (Å²) in [6, 6.07) is 18.9. The molecule has 40 heavy (non-hydrogen) atoms. The van der Waals surface area contributed by atoms with Gasteiger partial charge >= 0.3 is 0 Å². The standard InChI is InChI=1S/C29H33ClN4O6/c30-28-21-29(32-17-31-28)33-18-34(21)13-7-8-14-38-27-24(37)25(39-15-19-9-3-1-4-10-19)22(35)23(36)26(27)40-16-20-11-5-2-6-12-20/h1-6,9-12,17-18,22-27,35-37H,7-8,13-16H2/t22-,23+,24+,25+,26+,27-/m0/s1. The lowest BCUT2D eigenvalue weighted by Crippen LogP contribution is -2.65. The monoisotopic (exact) mass is 568 g/mol. The van der Waals surface area contributed by atoms with Gasteiger partial charge in [-0.2, -0.15) is 0 Å². The van der Waals surface area contributed by atoms with E-state index in [2.05, 4.69) is 15.0 Å². The highest BCUT2D eigenvalue weighted by atomic mass is 35.5. The number of aliphatic hydroxyl groups excluding tert-OH is 3. The smallest absolute Gasteiger partial charge is 0.182 e. The number of unbranched alkanes of at least 4 members (excludes halogenated alkanes) is 1. The van der Waals surface area contributed by atoms with Crippen molar-refractivity contribution in [2.75, 3.05) is 6.61 Å². The molecule has 0 unspecified atom stereocenters. The van der Waals surface area contributed by atoms with Crippen molar-refractivity contribution in [3.05, 3.63) is 89.6 Å².